The highest BCUT2D eigenvalue weighted by Crippen LogP contribution is 2.37. The summed E-state index contributed by atoms with van der Waals surface area (Å²) in [6.45, 7) is 4.85. The Balaban J connectivity index is 1.69. The molecule has 0 radical (unpaired) electrons. The van der Waals surface area contributed by atoms with Crippen molar-refractivity contribution < 1.29 is 13.2 Å². The molecule has 2 heterocycles. The van der Waals surface area contributed by atoms with E-state index in [2.05, 4.69) is 15.3 Å². The van der Waals surface area contributed by atoms with Crippen molar-refractivity contribution in [3.63, 3.8) is 0 Å². The Morgan fingerprint density at radius 3 is 2.38 bits per heavy atom. The van der Waals surface area contributed by atoms with Crippen molar-refractivity contribution in [2.75, 3.05) is 19.3 Å². The molecule has 2 atom stereocenters. The van der Waals surface area contributed by atoms with Crippen LogP contribution in [0.5, 0.6) is 0 Å². The first-order valence-corrected chi connectivity index (χ1v) is 10.2. The van der Waals surface area contributed by atoms with E-state index >= 15 is 0 Å². The van der Waals surface area contributed by atoms with Gasteiger partial charge in [0.1, 0.15) is 5.82 Å². The highest BCUT2D eigenvalue weighted by molar-refractivity contribution is 7.88. The number of nitrogens with one attached hydrogen (secondary N) is 1. The second-order valence-corrected chi connectivity index (χ2v) is 9.15. The fourth-order valence-electron chi connectivity index (χ4n) is 3.15. The molecule has 0 bridgehead atoms. The zero-order chi connectivity index (χ0) is 17.5. The van der Waals surface area contributed by atoms with Gasteiger partial charge in [0.25, 0.3) is 5.91 Å². The van der Waals surface area contributed by atoms with Crippen molar-refractivity contribution in [2.45, 2.75) is 38.6 Å². The van der Waals surface area contributed by atoms with E-state index in [-0.39, 0.29) is 23.8 Å². The third-order valence-corrected chi connectivity index (χ3v) is 6.09. The van der Waals surface area contributed by atoms with Crippen molar-refractivity contribution in [3.05, 3.63) is 23.8 Å². The molecule has 1 amide bonds. The van der Waals surface area contributed by atoms with Crippen molar-refractivity contribution in [3.8, 4) is 0 Å². The molecular weight excluding hydrogens is 328 g/mol. The number of hydrogen-bond donors (Lipinski definition) is 1. The number of carbonyl (C=O) groups excluding carboxylic acids is 1. The lowest BCUT2D eigenvalue weighted by Gasteiger charge is -2.22. The second-order valence-electron chi connectivity index (χ2n) is 7.17. The normalized spacial score (nSPS) is 25.2. The Hall–Kier alpha value is -1.54. The van der Waals surface area contributed by atoms with E-state index in [0.29, 0.717) is 24.6 Å². The molecule has 2 fully saturated rings. The third kappa shape index (κ3) is 3.75. The molecule has 0 spiro atoms. The SMILES string of the molecule is CC(C)[C@H]1CN(S(C)(=O)=O)C[C@@H]1NC(=O)c1cnc(C2CC2)nc1. The minimum absolute atomic E-state index is 0.0929. The monoisotopic (exact) mass is 352 g/mol. The lowest BCUT2D eigenvalue weighted by molar-refractivity contribution is 0.0925. The minimum atomic E-state index is -3.25. The van der Waals surface area contributed by atoms with E-state index in [0.717, 1.165) is 18.7 Å². The standard InChI is InChI=1S/C16H24N4O3S/c1-10(2)13-8-20(24(3,22)23)9-14(13)19-16(21)12-6-17-15(18-7-12)11-4-5-11/h6-7,10-11,13-14H,4-5,8-9H2,1-3H3,(H,19,21)/t13-,14+/m1/s1. The number of amides is 1. The molecule has 1 saturated carbocycles. The van der Waals surface area contributed by atoms with Crippen LogP contribution < -0.4 is 5.32 Å². The molecule has 3 rings (SSSR count). The molecule has 1 saturated heterocycles. The van der Waals surface area contributed by atoms with Gasteiger partial charge in [-0.25, -0.2) is 18.4 Å². The van der Waals surface area contributed by atoms with Crippen LogP contribution in [0.1, 0.15) is 48.8 Å². The Bertz CT molecular complexity index is 713. The van der Waals surface area contributed by atoms with Crippen LogP contribution in [-0.4, -0.2) is 54.0 Å². The average molecular weight is 352 g/mol. The predicted octanol–water partition coefficient (Wildman–Crippen LogP) is 1.000. The number of carbonyl (C=O) groups is 1. The maximum Gasteiger partial charge on any atom is 0.254 e. The van der Waals surface area contributed by atoms with Crippen LogP contribution in [0.2, 0.25) is 0 Å². The van der Waals surface area contributed by atoms with E-state index in [1.165, 1.54) is 10.6 Å². The summed E-state index contributed by atoms with van der Waals surface area (Å²) in [5.41, 5.74) is 0.416. The van der Waals surface area contributed by atoms with E-state index in [1.54, 1.807) is 12.4 Å². The topological polar surface area (TPSA) is 92.3 Å². The lowest BCUT2D eigenvalue weighted by Crippen LogP contribution is -2.42. The van der Waals surface area contributed by atoms with Crippen LogP contribution in [0.3, 0.4) is 0 Å². The summed E-state index contributed by atoms with van der Waals surface area (Å²) in [6, 6.07) is -0.199. The molecule has 24 heavy (non-hydrogen) atoms. The first-order chi connectivity index (χ1) is 11.3. The molecule has 0 aromatic carbocycles. The third-order valence-electron chi connectivity index (χ3n) is 4.85. The zero-order valence-electron chi connectivity index (χ0n) is 14.3. The fourth-order valence-corrected chi connectivity index (χ4v) is 4.02. The molecule has 1 aliphatic heterocycles. The largest absolute Gasteiger partial charge is 0.348 e. The van der Waals surface area contributed by atoms with Crippen LogP contribution >= 0.6 is 0 Å². The quantitative estimate of drug-likeness (QED) is 0.853. The van der Waals surface area contributed by atoms with Crippen LogP contribution in [0.15, 0.2) is 12.4 Å². The Kier molecular flexibility index (Phi) is 4.61. The van der Waals surface area contributed by atoms with Gasteiger partial charge in [-0.3, -0.25) is 4.79 Å². The van der Waals surface area contributed by atoms with Crippen LogP contribution in [0, 0.1) is 11.8 Å². The van der Waals surface area contributed by atoms with Gasteiger partial charge in [-0.1, -0.05) is 13.8 Å². The first-order valence-electron chi connectivity index (χ1n) is 8.33. The average Bonchev–Trinajstić information content (AvgIpc) is 3.26. The van der Waals surface area contributed by atoms with Gasteiger partial charge >= 0.3 is 0 Å². The maximum absolute atomic E-state index is 12.5. The summed E-state index contributed by atoms with van der Waals surface area (Å²) in [5.74, 6) is 1.37. The molecule has 1 N–H and O–H groups in total. The number of nitrogens with zero attached hydrogens (tertiary/aromatic N) is 3. The number of sulfonamides is 1. The van der Waals surface area contributed by atoms with Gasteiger partial charge in [0, 0.05) is 37.4 Å². The molecule has 132 valence electrons. The number of rotatable bonds is 5. The van der Waals surface area contributed by atoms with E-state index in [4.69, 9.17) is 0 Å². The summed E-state index contributed by atoms with van der Waals surface area (Å²) >= 11 is 0. The minimum Gasteiger partial charge on any atom is -0.348 e. The fraction of sp³-hybridized carbons (Fsp3) is 0.688. The summed E-state index contributed by atoms with van der Waals surface area (Å²) in [4.78, 5) is 21.0. The van der Waals surface area contributed by atoms with Gasteiger partial charge in [0.15, 0.2) is 0 Å². The van der Waals surface area contributed by atoms with Gasteiger partial charge in [-0.05, 0) is 24.7 Å². The Morgan fingerprint density at radius 2 is 1.88 bits per heavy atom. The van der Waals surface area contributed by atoms with Crippen molar-refractivity contribution in [1.82, 2.24) is 19.6 Å². The van der Waals surface area contributed by atoms with E-state index < -0.39 is 10.0 Å². The molecule has 1 aromatic heterocycles. The van der Waals surface area contributed by atoms with Crippen molar-refractivity contribution >= 4 is 15.9 Å². The van der Waals surface area contributed by atoms with Crippen molar-refractivity contribution in [2.24, 2.45) is 11.8 Å². The van der Waals surface area contributed by atoms with Gasteiger partial charge in [0.2, 0.25) is 10.0 Å². The molecular formula is C16H24N4O3S. The highest BCUT2D eigenvalue weighted by atomic mass is 32.2. The van der Waals surface area contributed by atoms with Crippen molar-refractivity contribution in [1.29, 1.82) is 0 Å². The van der Waals surface area contributed by atoms with E-state index in [9.17, 15) is 13.2 Å². The summed E-state index contributed by atoms with van der Waals surface area (Å²) in [5, 5.41) is 2.97. The smallest absolute Gasteiger partial charge is 0.254 e. The van der Waals surface area contributed by atoms with Gasteiger partial charge < -0.3 is 5.32 Å². The molecule has 0 unspecified atom stereocenters. The molecule has 8 heteroatoms. The summed E-state index contributed by atoms with van der Waals surface area (Å²) < 4.78 is 25.0. The zero-order valence-corrected chi connectivity index (χ0v) is 15.1. The van der Waals surface area contributed by atoms with Crippen LogP contribution in [0.25, 0.3) is 0 Å². The number of aromatic nitrogens is 2. The summed E-state index contributed by atoms with van der Waals surface area (Å²) in [6.07, 6.45) is 6.56. The maximum atomic E-state index is 12.5. The molecule has 2 aliphatic rings. The predicted molar refractivity (Wildman–Crippen MR) is 90.0 cm³/mol. The second kappa shape index (κ2) is 6.40. The first kappa shape index (κ1) is 17.3. The Labute approximate surface area is 142 Å². The van der Waals surface area contributed by atoms with Crippen LogP contribution in [-0.2, 0) is 10.0 Å². The lowest BCUT2D eigenvalue weighted by atomic mass is 9.91. The number of hydrogen-bond acceptors (Lipinski definition) is 5. The molecule has 1 aliphatic carbocycles. The van der Waals surface area contributed by atoms with E-state index in [1.807, 2.05) is 13.8 Å². The Morgan fingerprint density at radius 1 is 1.25 bits per heavy atom. The highest BCUT2D eigenvalue weighted by Gasteiger charge is 2.39. The molecule has 7 nitrogen and oxygen atoms in total. The molecule has 1 aromatic rings. The van der Waals surface area contributed by atoms with Gasteiger partial charge in [0.05, 0.1) is 11.8 Å². The van der Waals surface area contributed by atoms with Gasteiger partial charge in [-0.2, -0.15) is 4.31 Å². The van der Waals surface area contributed by atoms with Gasteiger partial charge in [-0.15, -0.1) is 0 Å². The summed E-state index contributed by atoms with van der Waals surface area (Å²) in [7, 11) is -3.25. The van der Waals surface area contributed by atoms with Crippen LogP contribution in [0.4, 0.5) is 0 Å².